The van der Waals surface area contributed by atoms with Gasteiger partial charge in [0.1, 0.15) is 21.7 Å². The molecular weight excluding hydrogens is 813 g/mol. The quantitative estimate of drug-likeness (QED) is 0.129. The zero-order chi connectivity index (χ0) is 41.6. The Bertz CT molecular complexity index is 2170. The summed E-state index contributed by atoms with van der Waals surface area (Å²) in [5, 5.41) is 0.414. The standard InChI is InChI=1S/C40H45F6N11S2/c1-24-18-25(38(19-24)10-16-57(17-11-38)30-23-53-36(34(48)55-30)59-28-5-3-13-50-32(28)40(44,45)46)21-51-26-6-7-37(20-26)8-14-56(15-9-37)29-22-52-35(33(47)54-29)58-27-4-2-12-49-31(27)39(41,42)43/h2-5,12-13,21-26H,6-11,14-20H2,1H3,(H2,47,54)(H2,48,55)/b51-21+/t24-,25?,26?/m1/s1. The lowest BCUT2D eigenvalue weighted by molar-refractivity contribution is -0.144. The van der Waals surface area contributed by atoms with Crippen molar-refractivity contribution >= 4 is 53.0 Å². The van der Waals surface area contributed by atoms with E-state index in [9.17, 15) is 26.3 Å². The lowest BCUT2D eigenvalue weighted by Gasteiger charge is -2.43. The molecular formula is C40H45F6N11S2. The summed E-state index contributed by atoms with van der Waals surface area (Å²) in [5.74, 6) is 2.40. The molecule has 2 unspecified atom stereocenters. The number of hydrogen-bond acceptors (Lipinski definition) is 13. The number of nitrogen functional groups attached to an aromatic ring is 2. The lowest BCUT2D eigenvalue weighted by atomic mass is 9.71. The van der Waals surface area contributed by atoms with Gasteiger partial charge >= 0.3 is 12.4 Å². The molecule has 6 heterocycles. The maximum atomic E-state index is 13.5. The zero-order valence-corrected chi connectivity index (χ0v) is 34.0. The fourth-order valence-electron chi connectivity index (χ4n) is 9.59. The second-order valence-electron chi connectivity index (χ2n) is 16.4. The summed E-state index contributed by atoms with van der Waals surface area (Å²) in [6.07, 6.45) is 7.90. The molecule has 8 rings (SSSR count). The molecule has 19 heteroatoms. The SMILES string of the molecule is C[C@@H]1CC(/C=N/C2CCC3(CCN(c4cnc(Sc5cccnc5C(F)(F)F)c(N)n4)CC3)C2)C2(CCN(c3cnc(Sc4cccnc4C(F)(F)F)c(N)n3)CC2)C1. The normalized spacial score (nSPS) is 23.2. The highest BCUT2D eigenvalue weighted by atomic mass is 32.2. The first-order valence-corrected chi connectivity index (χ1v) is 21.4. The van der Waals surface area contributed by atoms with Crippen LogP contribution in [0, 0.1) is 22.7 Å². The summed E-state index contributed by atoms with van der Waals surface area (Å²) in [6, 6.07) is 5.88. The van der Waals surface area contributed by atoms with Gasteiger partial charge in [0.2, 0.25) is 0 Å². The molecule has 4 aromatic heterocycles. The summed E-state index contributed by atoms with van der Waals surface area (Å²) in [6.45, 7) is 5.47. The predicted octanol–water partition coefficient (Wildman–Crippen LogP) is 9.10. The van der Waals surface area contributed by atoms with E-state index >= 15 is 0 Å². The van der Waals surface area contributed by atoms with E-state index in [1.165, 1.54) is 24.3 Å². The van der Waals surface area contributed by atoms with Crippen LogP contribution in [-0.2, 0) is 12.4 Å². The molecule has 2 saturated carbocycles. The number of piperidine rings is 2. The molecule has 314 valence electrons. The van der Waals surface area contributed by atoms with Crippen LogP contribution >= 0.6 is 23.5 Å². The molecule has 4 N–H and O–H groups in total. The highest BCUT2D eigenvalue weighted by Crippen LogP contribution is 2.53. The van der Waals surface area contributed by atoms with Gasteiger partial charge in [-0.3, -0.25) is 15.0 Å². The lowest BCUT2D eigenvalue weighted by Crippen LogP contribution is -2.43. The van der Waals surface area contributed by atoms with Gasteiger partial charge < -0.3 is 21.3 Å². The minimum atomic E-state index is -4.60. The molecule has 0 radical (unpaired) electrons. The number of aromatic nitrogens is 6. The first-order valence-electron chi connectivity index (χ1n) is 19.8. The number of rotatable bonds is 8. The summed E-state index contributed by atoms with van der Waals surface area (Å²) < 4.78 is 80.9. The van der Waals surface area contributed by atoms with Crippen LogP contribution in [-0.4, -0.2) is 68.3 Å². The van der Waals surface area contributed by atoms with Crippen molar-refractivity contribution in [2.45, 2.75) is 103 Å². The van der Waals surface area contributed by atoms with Crippen molar-refractivity contribution in [3.05, 3.63) is 60.4 Å². The molecule has 0 bridgehead atoms. The molecule has 59 heavy (non-hydrogen) atoms. The average Bonchev–Trinajstić information content (AvgIpc) is 3.74. The Labute approximate surface area is 346 Å². The first-order chi connectivity index (χ1) is 28.1. The zero-order valence-electron chi connectivity index (χ0n) is 32.4. The topological polar surface area (TPSA) is 148 Å². The van der Waals surface area contributed by atoms with Crippen LogP contribution in [0.5, 0.6) is 0 Å². The van der Waals surface area contributed by atoms with E-state index in [0.29, 0.717) is 23.5 Å². The Kier molecular flexibility index (Phi) is 11.4. The molecule has 2 saturated heterocycles. The predicted molar refractivity (Wildman–Crippen MR) is 215 cm³/mol. The number of alkyl halides is 6. The highest BCUT2D eigenvalue weighted by Gasteiger charge is 2.48. The summed E-state index contributed by atoms with van der Waals surface area (Å²) >= 11 is 1.62. The Balaban J connectivity index is 0.844. The number of aliphatic imine (C=N–C) groups is 1. The van der Waals surface area contributed by atoms with Gasteiger partial charge in [0, 0.05) is 54.6 Å². The summed E-state index contributed by atoms with van der Waals surface area (Å²) in [7, 11) is 0. The van der Waals surface area contributed by atoms with E-state index < -0.39 is 23.7 Å². The van der Waals surface area contributed by atoms with Crippen molar-refractivity contribution in [2.24, 2.45) is 27.7 Å². The molecule has 0 aromatic carbocycles. The molecule has 2 aliphatic carbocycles. The van der Waals surface area contributed by atoms with Gasteiger partial charge in [0.25, 0.3) is 0 Å². The highest BCUT2D eigenvalue weighted by molar-refractivity contribution is 7.99. The van der Waals surface area contributed by atoms with E-state index in [0.717, 1.165) is 120 Å². The van der Waals surface area contributed by atoms with Crippen LogP contribution in [0.15, 0.2) is 73.9 Å². The van der Waals surface area contributed by atoms with E-state index in [1.807, 2.05) is 0 Å². The van der Waals surface area contributed by atoms with Crippen LogP contribution in [0.4, 0.5) is 49.6 Å². The van der Waals surface area contributed by atoms with Crippen molar-refractivity contribution in [1.82, 2.24) is 29.9 Å². The Hall–Kier alpha value is -4.39. The fraction of sp³-hybridized carbons (Fsp3) is 0.525. The van der Waals surface area contributed by atoms with Gasteiger partial charge in [-0.1, -0.05) is 30.4 Å². The molecule has 0 amide bonds. The van der Waals surface area contributed by atoms with Crippen LogP contribution in [0.3, 0.4) is 0 Å². The molecule has 4 aromatic rings. The van der Waals surface area contributed by atoms with Crippen LogP contribution < -0.4 is 21.3 Å². The second kappa shape index (κ2) is 16.2. The Morgan fingerprint density at radius 3 is 1.73 bits per heavy atom. The monoisotopic (exact) mass is 857 g/mol. The molecule has 4 aliphatic rings. The number of nitrogens with two attached hydrogens (primary N) is 2. The van der Waals surface area contributed by atoms with Crippen LogP contribution in [0.25, 0.3) is 0 Å². The third kappa shape index (κ3) is 8.91. The molecule has 2 spiro atoms. The van der Waals surface area contributed by atoms with Crippen molar-refractivity contribution in [2.75, 3.05) is 47.4 Å². The average molecular weight is 858 g/mol. The van der Waals surface area contributed by atoms with E-state index in [4.69, 9.17) is 16.5 Å². The number of hydrogen-bond donors (Lipinski definition) is 2. The van der Waals surface area contributed by atoms with E-state index in [1.54, 1.807) is 12.4 Å². The second-order valence-corrected chi connectivity index (χ2v) is 18.5. The fourth-order valence-corrected chi connectivity index (χ4v) is 11.3. The van der Waals surface area contributed by atoms with Crippen molar-refractivity contribution in [3.8, 4) is 0 Å². The van der Waals surface area contributed by atoms with Crippen molar-refractivity contribution in [3.63, 3.8) is 0 Å². The van der Waals surface area contributed by atoms with Gasteiger partial charge in [-0.15, -0.1) is 0 Å². The number of halogens is 6. The Morgan fingerprint density at radius 1 is 0.729 bits per heavy atom. The van der Waals surface area contributed by atoms with Crippen molar-refractivity contribution < 1.29 is 26.3 Å². The largest absolute Gasteiger partial charge is 0.434 e. The maximum Gasteiger partial charge on any atom is 0.434 e. The van der Waals surface area contributed by atoms with Gasteiger partial charge in [-0.25, -0.2) is 19.9 Å². The minimum absolute atomic E-state index is 0.0779. The van der Waals surface area contributed by atoms with Crippen molar-refractivity contribution in [1.29, 1.82) is 0 Å². The third-order valence-electron chi connectivity index (χ3n) is 12.6. The molecule has 3 atom stereocenters. The summed E-state index contributed by atoms with van der Waals surface area (Å²) in [4.78, 5) is 34.4. The smallest absolute Gasteiger partial charge is 0.381 e. The van der Waals surface area contributed by atoms with Gasteiger partial charge in [-0.05, 0) is 105 Å². The maximum absolute atomic E-state index is 13.5. The number of pyridine rings is 2. The van der Waals surface area contributed by atoms with Gasteiger partial charge in [-0.2, -0.15) is 26.3 Å². The van der Waals surface area contributed by atoms with Gasteiger partial charge in [0.05, 0.1) is 18.4 Å². The summed E-state index contributed by atoms with van der Waals surface area (Å²) in [5.41, 5.74) is 10.9. The van der Waals surface area contributed by atoms with E-state index in [-0.39, 0.29) is 48.4 Å². The van der Waals surface area contributed by atoms with Crippen LogP contribution in [0.1, 0.15) is 76.1 Å². The number of anilines is 4. The third-order valence-corrected chi connectivity index (χ3v) is 14.7. The first kappa shape index (κ1) is 41.3. The van der Waals surface area contributed by atoms with Crippen LogP contribution in [0.2, 0.25) is 0 Å². The molecule has 11 nitrogen and oxygen atoms in total. The molecule has 4 fully saturated rings. The van der Waals surface area contributed by atoms with Gasteiger partial charge in [0.15, 0.2) is 23.0 Å². The minimum Gasteiger partial charge on any atom is -0.381 e. The van der Waals surface area contributed by atoms with E-state index in [2.05, 4.69) is 52.8 Å². The number of nitrogens with zero attached hydrogens (tertiary/aromatic N) is 9. The molecule has 2 aliphatic heterocycles. The Morgan fingerprint density at radius 2 is 1.24 bits per heavy atom.